The largest absolute Gasteiger partial charge is 0.365 e. The van der Waals surface area contributed by atoms with Crippen molar-refractivity contribution < 1.29 is 18.0 Å². The average molecular weight is 269 g/mol. The molecule has 0 fully saturated rings. The molecule has 7 heteroatoms. The highest BCUT2D eigenvalue weighted by Gasteiger charge is 2.22. The van der Waals surface area contributed by atoms with Gasteiger partial charge in [-0.15, -0.1) is 0 Å². The number of nitrogens with zero attached hydrogens (tertiary/aromatic N) is 1. The molecule has 1 rings (SSSR count). The molecule has 0 aliphatic rings. The summed E-state index contributed by atoms with van der Waals surface area (Å²) in [4.78, 5) is 14.1. The number of carbonyl (C=O) groups is 1. The van der Waals surface area contributed by atoms with Gasteiger partial charge in [0.05, 0.1) is 5.56 Å². The van der Waals surface area contributed by atoms with E-state index in [2.05, 4.69) is 20.9 Å². The van der Waals surface area contributed by atoms with Gasteiger partial charge in [-0.3, -0.25) is 4.79 Å². The number of hydrogen-bond donors (Lipinski definition) is 1. The van der Waals surface area contributed by atoms with Crippen molar-refractivity contribution >= 4 is 21.8 Å². The Labute approximate surface area is 85.2 Å². The van der Waals surface area contributed by atoms with E-state index in [1.54, 1.807) is 0 Å². The second-order valence-electron chi connectivity index (χ2n) is 2.36. The van der Waals surface area contributed by atoms with Crippen molar-refractivity contribution in [2.45, 2.75) is 6.43 Å². The van der Waals surface area contributed by atoms with Crippen molar-refractivity contribution in [3.8, 4) is 0 Å². The van der Waals surface area contributed by atoms with Crippen molar-refractivity contribution in [3.63, 3.8) is 0 Å². The summed E-state index contributed by atoms with van der Waals surface area (Å²) in [5, 5.41) is 0. The fourth-order valence-corrected chi connectivity index (χ4v) is 1.32. The standard InChI is InChI=1S/C7H4BrF3N2O/c8-5-3(7(12)14)4(9)2(1-13-5)6(10)11/h1,6H,(H2,12,14). The summed E-state index contributed by atoms with van der Waals surface area (Å²) >= 11 is 2.73. The first kappa shape index (κ1) is 11.0. The molecule has 1 aromatic rings. The number of halogens is 4. The number of primary amides is 1. The minimum Gasteiger partial charge on any atom is -0.365 e. The lowest BCUT2D eigenvalue weighted by Gasteiger charge is -2.05. The summed E-state index contributed by atoms with van der Waals surface area (Å²) in [5.74, 6) is -2.49. The Kier molecular flexibility index (Phi) is 3.10. The van der Waals surface area contributed by atoms with Crippen LogP contribution in [0.2, 0.25) is 0 Å². The number of rotatable bonds is 2. The third-order valence-corrected chi connectivity index (χ3v) is 2.08. The summed E-state index contributed by atoms with van der Waals surface area (Å²) in [6.45, 7) is 0. The number of hydrogen-bond acceptors (Lipinski definition) is 2. The first-order valence-electron chi connectivity index (χ1n) is 3.37. The predicted molar refractivity (Wildman–Crippen MR) is 45.4 cm³/mol. The lowest BCUT2D eigenvalue weighted by atomic mass is 10.2. The van der Waals surface area contributed by atoms with Gasteiger partial charge in [-0.2, -0.15) is 0 Å². The molecule has 0 aliphatic carbocycles. The quantitative estimate of drug-likeness (QED) is 0.835. The van der Waals surface area contributed by atoms with Crippen LogP contribution < -0.4 is 5.73 Å². The molecule has 0 unspecified atom stereocenters. The molecule has 0 spiro atoms. The fourth-order valence-electron chi connectivity index (χ4n) is 0.844. The molecule has 1 heterocycles. The zero-order valence-corrected chi connectivity index (χ0v) is 8.19. The molecule has 0 saturated heterocycles. The Morgan fingerprint density at radius 2 is 2.14 bits per heavy atom. The van der Waals surface area contributed by atoms with Crippen LogP contribution in [0.3, 0.4) is 0 Å². The normalized spacial score (nSPS) is 10.6. The molecule has 76 valence electrons. The van der Waals surface area contributed by atoms with Gasteiger partial charge in [-0.05, 0) is 15.9 Å². The van der Waals surface area contributed by atoms with Gasteiger partial charge in [0.15, 0.2) is 0 Å². The molecule has 0 bridgehead atoms. The smallest absolute Gasteiger partial charge is 0.268 e. The van der Waals surface area contributed by atoms with Gasteiger partial charge >= 0.3 is 0 Å². The Morgan fingerprint density at radius 1 is 1.57 bits per heavy atom. The second kappa shape index (κ2) is 3.95. The Balaban J connectivity index is 3.41. The molecule has 0 atom stereocenters. The molecule has 2 N–H and O–H groups in total. The van der Waals surface area contributed by atoms with E-state index in [0.29, 0.717) is 6.20 Å². The van der Waals surface area contributed by atoms with E-state index in [-0.39, 0.29) is 4.60 Å². The highest BCUT2D eigenvalue weighted by atomic mass is 79.9. The van der Waals surface area contributed by atoms with Gasteiger partial charge in [0.2, 0.25) is 0 Å². The van der Waals surface area contributed by atoms with Crippen LogP contribution in [0.1, 0.15) is 22.3 Å². The maximum Gasteiger partial charge on any atom is 0.268 e. The van der Waals surface area contributed by atoms with Gasteiger partial charge in [0.1, 0.15) is 16.0 Å². The van der Waals surface area contributed by atoms with E-state index in [0.717, 1.165) is 0 Å². The number of pyridine rings is 1. The second-order valence-corrected chi connectivity index (χ2v) is 3.11. The van der Waals surface area contributed by atoms with Gasteiger partial charge in [-0.1, -0.05) is 0 Å². The summed E-state index contributed by atoms with van der Waals surface area (Å²) in [5.41, 5.74) is 3.18. The van der Waals surface area contributed by atoms with Crippen LogP contribution in [0, 0.1) is 5.82 Å². The van der Waals surface area contributed by atoms with E-state index in [4.69, 9.17) is 5.73 Å². The molecule has 0 radical (unpaired) electrons. The average Bonchev–Trinajstić information content (AvgIpc) is 2.02. The minimum absolute atomic E-state index is 0.188. The minimum atomic E-state index is -3.03. The Hall–Kier alpha value is -1.11. The molecular weight excluding hydrogens is 265 g/mol. The van der Waals surface area contributed by atoms with Crippen LogP contribution in [-0.4, -0.2) is 10.9 Å². The number of nitrogens with two attached hydrogens (primary N) is 1. The van der Waals surface area contributed by atoms with Crippen molar-refractivity contribution in [2.24, 2.45) is 5.73 Å². The molecule has 0 aliphatic heterocycles. The van der Waals surface area contributed by atoms with Crippen LogP contribution >= 0.6 is 15.9 Å². The van der Waals surface area contributed by atoms with Crippen LogP contribution in [0.4, 0.5) is 13.2 Å². The molecule has 0 aromatic carbocycles. The molecule has 14 heavy (non-hydrogen) atoms. The first-order valence-corrected chi connectivity index (χ1v) is 4.16. The van der Waals surface area contributed by atoms with Crippen molar-refractivity contribution in [3.05, 3.63) is 27.7 Å². The van der Waals surface area contributed by atoms with Crippen LogP contribution in [0.15, 0.2) is 10.8 Å². The van der Waals surface area contributed by atoms with Gasteiger partial charge < -0.3 is 5.73 Å². The van der Waals surface area contributed by atoms with E-state index < -0.39 is 29.3 Å². The number of aromatic nitrogens is 1. The summed E-state index contributed by atoms with van der Waals surface area (Å²) < 4.78 is 37.3. The van der Waals surface area contributed by atoms with E-state index >= 15 is 0 Å². The third-order valence-electron chi connectivity index (χ3n) is 1.48. The van der Waals surface area contributed by atoms with Gasteiger partial charge in [-0.25, -0.2) is 18.2 Å². The van der Waals surface area contributed by atoms with E-state index in [1.165, 1.54) is 0 Å². The lowest BCUT2D eigenvalue weighted by molar-refractivity contribution is 0.0993. The molecule has 0 saturated carbocycles. The third kappa shape index (κ3) is 1.87. The number of carbonyl (C=O) groups excluding carboxylic acids is 1. The first-order chi connectivity index (χ1) is 6.45. The zero-order valence-electron chi connectivity index (χ0n) is 6.60. The van der Waals surface area contributed by atoms with Crippen LogP contribution in [-0.2, 0) is 0 Å². The summed E-state index contributed by atoms with van der Waals surface area (Å²) in [6.07, 6.45) is -2.38. The number of amides is 1. The van der Waals surface area contributed by atoms with Gasteiger partial charge in [0.25, 0.3) is 12.3 Å². The predicted octanol–water partition coefficient (Wildman–Crippen LogP) is 2.02. The maximum atomic E-state index is 13.2. The molecule has 3 nitrogen and oxygen atoms in total. The zero-order chi connectivity index (χ0) is 10.9. The topological polar surface area (TPSA) is 56.0 Å². The lowest BCUT2D eigenvalue weighted by Crippen LogP contribution is -2.16. The van der Waals surface area contributed by atoms with Crippen LogP contribution in [0.5, 0.6) is 0 Å². The highest BCUT2D eigenvalue weighted by molar-refractivity contribution is 9.10. The van der Waals surface area contributed by atoms with Crippen LogP contribution in [0.25, 0.3) is 0 Å². The van der Waals surface area contributed by atoms with Crippen molar-refractivity contribution in [1.82, 2.24) is 4.98 Å². The van der Waals surface area contributed by atoms with E-state index in [9.17, 15) is 18.0 Å². The van der Waals surface area contributed by atoms with Crippen molar-refractivity contribution in [1.29, 1.82) is 0 Å². The molecule has 1 amide bonds. The molecule has 1 aromatic heterocycles. The monoisotopic (exact) mass is 268 g/mol. The van der Waals surface area contributed by atoms with Crippen molar-refractivity contribution in [2.75, 3.05) is 0 Å². The fraction of sp³-hybridized carbons (Fsp3) is 0.143. The molecular formula is C7H4BrF3N2O. The van der Waals surface area contributed by atoms with Gasteiger partial charge in [0, 0.05) is 6.20 Å². The number of alkyl halides is 2. The Bertz CT molecular complexity index is 383. The SMILES string of the molecule is NC(=O)c1c(Br)ncc(C(F)F)c1F. The summed E-state index contributed by atoms with van der Waals surface area (Å²) in [6, 6.07) is 0. The Morgan fingerprint density at radius 3 is 2.57 bits per heavy atom. The highest BCUT2D eigenvalue weighted by Crippen LogP contribution is 2.26. The summed E-state index contributed by atoms with van der Waals surface area (Å²) in [7, 11) is 0. The van der Waals surface area contributed by atoms with E-state index in [1.807, 2.05) is 0 Å². The maximum absolute atomic E-state index is 13.2.